The molecular formula is C18H15N3O4. The lowest BCUT2D eigenvalue weighted by molar-refractivity contribution is -0.120. The number of amides is 2. The molecule has 3 heterocycles. The number of anilines is 1. The van der Waals surface area contributed by atoms with Gasteiger partial charge in [-0.05, 0) is 30.7 Å². The number of carbonyl (C=O) groups excluding carboxylic acids is 2. The minimum Gasteiger partial charge on any atom is -0.489 e. The van der Waals surface area contributed by atoms with E-state index in [-0.39, 0.29) is 29.8 Å². The number of pyridine rings is 1. The van der Waals surface area contributed by atoms with Crippen LogP contribution in [0.25, 0.3) is 0 Å². The summed E-state index contributed by atoms with van der Waals surface area (Å²) in [7, 11) is 0. The zero-order chi connectivity index (χ0) is 17.1. The molecule has 1 aromatic carbocycles. The highest BCUT2D eigenvalue weighted by Gasteiger charge is 2.62. The molecule has 2 aromatic rings. The molecule has 0 saturated heterocycles. The molecule has 1 saturated carbocycles. The van der Waals surface area contributed by atoms with Crippen molar-refractivity contribution in [2.45, 2.75) is 24.9 Å². The zero-order valence-corrected chi connectivity index (χ0v) is 13.2. The number of ether oxygens (including phenoxy) is 2. The van der Waals surface area contributed by atoms with Gasteiger partial charge in [0, 0.05) is 29.7 Å². The first-order valence-electron chi connectivity index (χ1n) is 8.17. The summed E-state index contributed by atoms with van der Waals surface area (Å²) in [6.45, 7) is 0. The third-order valence-corrected chi connectivity index (χ3v) is 4.99. The van der Waals surface area contributed by atoms with Crippen molar-refractivity contribution in [3.05, 3.63) is 41.6 Å². The van der Waals surface area contributed by atoms with Crippen molar-refractivity contribution in [1.82, 2.24) is 4.98 Å². The van der Waals surface area contributed by atoms with E-state index in [1.807, 2.05) is 18.2 Å². The first-order valence-corrected chi connectivity index (χ1v) is 8.17. The van der Waals surface area contributed by atoms with Gasteiger partial charge < -0.3 is 20.5 Å². The molecule has 7 heteroatoms. The molecule has 126 valence electrons. The Kier molecular flexibility index (Phi) is 2.83. The van der Waals surface area contributed by atoms with E-state index >= 15 is 0 Å². The van der Waals surface area contributed by atoms with Crippen LogP contribution in [0.3, 0.4) is 0 Å². The normalized spacial score (nSPS) is 25.1. The fourth-order valence-electron chi connectivity index (χ4n) is 3.72. The highest BCUT2D eigenvalue weighted by molar-refractivity contribution is 5.93. The van der Waals surface area contributed by atoms with Crippen LogP contribution in [-0.4, -0.2) is 22.9 Å². The average Bonchev–Trinajstić information content (AvgIpc) is 3.19. The van der Waals surface area contributed by atoms with Gasteiger partial charge >= 0.3 is 0 Å². The number of nitrogens with two attached hydrogens (primary N) is 1. The van der Waals surface area contributed by atoms with Crippen LogP contribution in [0, 0.1) is 5.92 Å². The van der Waals surface area contributed by atoms with Gasteiger partial charge in [0.25, 0.3) is 0 Å². The van der Waals surface area contributed by atoms with Crippen molar-refractivity contribution in [2.24, 2.45) is 11.7 Å². The van der Waals surface area contributed by atoms with E-state index in [1.165, 1.54) is 0 Å². The minimum atomic E-state index is -0.328. The van der Waals surface area contributed by atoms with Gasteiger partial charge in [0.2, 0.25) is 11.8 Å². The number of aromatic nitrogens is 1. The summed E-state index contributed by atoms with van der Waals surface area (Å²) in [6.07, 6.45) is 2.48. The smallest absolute Gasteiger partial charge is 0.225 e. The summed E-state index contributed by atoms with van der Waals surface area (Å²) < 4.78 is 11.8. The molecule has 0 bridgehead atoms. The number of hydrogen-bond acceptors (Lipinski definition) is 5. The zero-order valence-electron chi connectivity index (χ0n) is 13.2. The van der Waals surface area contributed by atoms with Gasteiger partial charge in [-0.3, -0.25) is 9.59 Å². The number of fused-ring (bicyclic) bond motifs is 4. The Hall–Kier alpha value is -3.09. The van der Waals surface area contributed by atoms with Crippen LogP contribution >= 0.6 is 0 Å². The van der Waals surface area contributed by atoms with Gasteiger partial charge in [-0.15, -0.1) is 0 Å². The molecule has 0 radical (unpaired) electrons. The Bertz CT molecular complexity index is 927. The molecule has 25 heavy (non-hydrogen) atoms. The average molecular weight is 337 g/mol. The van der Waals surface area contributed by atoms with Crippen LogP contribution < -0.4 is 20.5 Å². The summed E-state index contributed by atoms with van der Waals surface area (Å²) in [4.78, 5) is 27.1. The maximum atomic E-state index is 11.5. The molecule has 3 atom stereocenters. The van der Waals surface area contributed by atoms with Crippen molar-refractivity contribution < 1.29 is 19.1 Å². The quantitative estimate of drug-likeness (QED) is 0.887. The molecule has 5 rings (SSSR count). The van der Waals surface area contributed by atoms with Crippen molar-refractivity contribution in [3.63, 3.8) is 0 Å². The monoisotopic (exact) mass is 337 g/mol. The van der Waals surface area contributed by atoms with E-state index in [4.69, 9.17) is 15.2 Å². The first kappa shape index (κ1) is 14.3. The van der Waals surface area contributed by atoms with Crippen LogP contribution in [0.15, 0.2) is 30.5 Å². The number of hydrogen-bond donors (Lipinski definition) is 2. The van der Waals surface area contributed by atoms with Gasteiger partial charge in [0.05, 0.1) is 5.92 Å². The largest absolute Gasteiger partial charge is 0.489 e. The second-order valence-electron chi connectivity index (χ2n) is 6.52. The molecule has 2 aliphatic heterocycles. The second-order valence-corrected chi connectivity index (χ2v) is 6.52. The lowest BCUT2D eigenvalue weighted by Crippen LogP contribution is -2.20. The molecule has 0 spiro atoms. The van der Waals surface area contributed by atoms with Crippen molar-refractivity contribution in [1.29, 1.82) is 0 Å². The minimum absolute atomic E-state index is 0.0293. The van der Waals surface area contributed by atoms with E-state index in [1.54, 1.807) is 12.3 Å². The van der Waals surface area contributed by atoms with Crippen LogP contribution in [0.4, 0.5) is 5.82 Å². The highest BCUT2D eigenvalue weighted by atomic mass is 16.5. The lowest BCUT2D eigenvalue weighted by Gasteiger charge is -2.19. The summed E-state index contributed by atoms with van der Waals surface area (Å²) in [6, 6.07) is 7.37. The van der Waals surface area contributed by atoms with Gasteiger partial charge in [0.15, 0.2) is 0 Å². The summed E-state index contributed by atoms with van der Waals surface area (Å²) in [5.41, 5.74) is 7.25. The summed E-state index contributed by atoms with van der Waals surface area (Å²) in [5.74, 6) is 2.08. The Morgan fingerprint density at radius 1 is 1.32 bits per heavy atom. The number of carbonyl (C=O) groups is 2. The second kappa shape index (κ2) is 4.95. The molecular weight excluding hydrogens is 322 g/mol. The molecule has 3 aliphatic rings. The van der Waals surface area contributed by atoms with E-state index in [9.17, 15) is 9.59 Å². The number of primary amides is 1. The third-order valence-electron chi connectivity index (χ3n) is 4.99. The Balaban J connectivity index is 1.44. The molecule has 7 nitrogen and oxygen atoms in total. The van der Waals surface area contributed by atoms with Gasteiger partial charge in [-0.2, -0.15) is 0 Å². The Morgan fingerprint density at radius 2 is 2.20 bits per heavy atom. The van der Waals surface area contributed by atoms with Gasteiger partial charge in [-0.1, -0.05) is 0 Å². The predicted molar refractivity (Wildman–Crippen MR) is 87.5 cm³/mol. The van der Waals surface area contributed by atoms with Crippen molar-refractivity contribution in [2.75, 3.05) is 5.32 Å². The van der Waals surface area contributed by atoms with Crippen LogP contribution in [0.2, 0.25) is 0 Å². The number of nitrogens with zero attached hydrogens (tertiary/aromatic N) is 1. The van der Waals surface area contributed by atoms with E-state index in [0.717, 1.165) is 16.9 Å². The van der Waals surface area contributed by atoms with E-state index in [0.29, 0.717) is 30.2 Å². The van der Waals surface area contributed by atoms with Crippen molar-refractivity contribution >= 4 is 17.6 Å². The molecule has 1 aromatic heterocycles. The van der Waals surface area contributed by atoms with E-state index < -0.39 is 0 Å². The molecule has 2 amide bonds. The maximum absolute atomic E-state index is 11.5. The number of nitrogens with one attached hydrogen (secondary N) is 1. The third kappa shape index (κ3) is 2.15. The van der Waals surface area contributed by atoms with Crippen LogP contribution in [0.1, 0.15) is 23.5 Å². The lowest BCUT2D eigenvalue weighted by atomic mass is 10.1. The first-order chi connectivity index (χ1) is 12.1. The fourth-order valence-corrected chi connectivity index (χ4v) is 3.72. The van der Waals surface area contributed by atoms with Crippen molar-refractivity contribution in [3.8, 4) is 17.2 Å². The molecule has 1 aliphatic carbocycles. The number of rotatable bonds is 3. The SMILES string of the molecule is NC(=O)[C@H]1[C@@H]2Oc3ccc(Oc4ccnc5c4CCC(=O)N5)cc3[C@@H]21. The Morgan fingerprint density at radius 3 is 3.04 bits per heavy atom. The van der Waals surface area contributed by atoms with E-state index in [2.05, 4.69) is 10.3 Å². The van der Waals surface area contributed by atoms with Gasteiger partial charge in [-0.25, -0.2) is 4.98 Å². The topological polar surface area (TPSA) is 104 Å². The maximum Gasteiger partial charge on any atom is 0.225 e. The number of benzene rings is 1. The standard InChI is InChI=1S/C18H15N3O4/c19-17(23)15-14-10-7-8(1-3-11(10)25-16(14)15)24-12-5-6-20-18-9(12)2-4-13(22)21-18/h1,3,5-7,14-16H,2,4H2,(H2,19,23)(H,20,21,22)/t14-,15-,16-/m1/s1. The molecule has 3 N–H and O–H groups in total. The molecule has 1 fully saturated rings. The fraction of sp³-hybridized carbons (Fsp3) is 0.278. The molecule has 0 unspecified atom stereocenters. The summed E-state index contributed by atoms with van der Waals surface area (Å²) >= 11 is 0. The Labute approximate surface area is 143 Å². The highest BCUT2D eigenvalue weighted by Crippen LogP contribution is 2.58. The van der Waals surface area contributed by atoms with Crippen LogP contribution in [-0.2, 0) is 16.0 Å². The van der Waals surface area contributed by atoms with Gasteiger partial charge in [0.1, 0.15) is 29.2 Å². The summed E-state index contributed by atoms with van der Waals surface area (Å²) in [5, 5.41) is 2.76. The van der Waals surface area contributed by atoms with Crippen LogP contribution in [0.5, 0.6) is 17.2 Å². The predicted octanol–water partition coefficient (Wildman–Crippen LogP) is 1.72.